The number of allylic oxidation sites excluding steroid dienone is 2. The quantitative estimate of drug-likeness (QED) is 0.524. The zero-order chi connectivity index (χ0) is 15.3. The third kappa shape index (κ3) is 5.30. The molecule has 1 N–H and O–H groups in total. The first-order valence-corrected chi connectivity index (χ1v) is 8.82. The molecule has 0 amide bonds. The second kappa shape index (κ2) is 6.85. The molecular formula is C14H18N2O2S2. The summed E-state index contributed by atoms with van der Waals surface area (Å²) < 4.78 is 24.2. The smallest absolute Gasteiger partial charge is 0.237 e. The molecule has 0 saturated heterocycles. The number of nitrogens with zero attached hydrogens (tertiary/aromatic N) is 1. The molecule has 0 atom stereocenters. The Morgan fingerprint density at radius 1 is 1.20 bits per heavy atom. The number of rotatable bonds is 3. The fraction of sp³-hybridized carbons (Fsp3) is 0.286. The SMILES string of the molecule is CC(C)=CC(C)=NC(=N)SS(=O)(=O)c1ccc(C)cc1. The Morgan fingerprint density at radius 3 is 2.25 bits per heavy atom. The van der Waals surface area contributed by atoms with Crippen LogP contribution >= 0.6 is 10.8 Å². The van der Waals surface area contributed by atoms with Crippen LogP contribution in [0.5, 0.6) is 0 Å². The number of aryl methyl sites for hydroxylation is 1. The molecular weight excluding hydrogens is 292 g/mol. The second-order valence-electron chi connectivity index (χ2n) is 4.63. The summed E-state index contributed by atoms with van der Waals surface area (Å²) in [5, 5.41) is 7.44. The first kappa shape index (κ1) is 16.7. The van der Waals surface area contributed by atoms with Gasteiger partial charge < -0.3 is 0 Å². The van der Waals surface area contributed by atoms with E-state index in [2.05, 4.69) is 4.99 Å². The minimum absolute atomic E-state index is 0.188. The number of amidine groups is 1. The lowest BCUT2D eigenvalue weighted by Crippen LogP contribution is -2.01. The molecule has 0 unspecified atom stereocenters. The predicted octanol–water partition coefficient (Wildman–Crippen LogP) is 3.78. The van der Waals surface area contributed by atoms with Gasteiger partial charge >= 0.3 is 0 Å². The lowest BCUT2D eigenvalue weighted by Gasteiger charge is -2.03. The van der Waals surface area contributed by atoms with Crippen molar-refractivity contribution in [2.75, 3.05) is 0 Å². The highest BCUT2D eigenvalue weighted by molar-refractivity contribution is 8.77. The van der Waals surface area contributed by atoms with E-state index >= 15 is 0 Å². The lowest BCUT2D eigenvalue weighted by molar-refractivity contribution is 0.610. The van der Waals surface area contributed by atoms with Crippen LogP contribution in [0, 0.1) is 12.3 Å². The highest BCUT2D eigenvalue weighted by atomic mass is 33.1. The Balaban J connectivity index is 2.89. The summed E-state index contributed by atoms with van der Waals surface area (Å²) in [6.45, 7) is 7.46. The molecule has 1 aromatic carbocycles. The highest BCUT2D eigenvalue weighted by Crippen LogP contribution is 2.24. The van der Waals surface area contributed by atoms with Crippen molar-refractivity contribution in [2.45, 2.75) is 32.6 Å². The average Bonchev–Trinajstić information content (AvgIpc) is 2.26. The van der Waals surface area contributed by atoms with Gasteiger partial charge in [-0.25, -0.2) is 13.4 Å². The average molecular weight is 310 g/mol. The minimum Gasteiger partial charge on any atom is -0.276 e. The van der Waals surface area contributed by atoms with Gasteiger partial charge in [-0.1, -0.05) is 23.3 Å². The zero-order valence-electron chi connectivity index (χ0n) is 12.0. The Bertz CT molecular complexity index is 653. The van der Waals surface area contributed by atoms with Gasteiger partial charge in [0.05, 0.1) is 4.90 Å². The van der Waals surface area contributed by atoms with Gasteiger partial charge in [-0.3, -0.25) is 5.41 Å². The van der Waals surface area contributed by atoms with E-state index in [1.165, 1.54) is 12.1 Å². The van der Waals surface area contributed by atoms with Gasteiger partial charge in [-0.2, -0.15) is 0 Å². The van der Waals surface area contributed by atoms with Crippen LogP contribution < -0.4 is 0 Å². The molecule has 6 heteroatoms. The van der Waals surface area contributed by atoms with Gasteiger partial charge in [0.25, 0.3) is 0 Å². The van der Waals surface area contributed by atoms with Crippen LogP contribution in [0.1, 0.15) is 26.3 Å². The fourth-order valence-electron chi connectivity index (χ4n) is 1.49. The van der Waals surface area contributed by atoms with E-state index in [1.54, 1.807) is 25.1 Å². The molecule has 20 heavy (non-hydrogen) atoms. The van der Waals surface area contributed by atoms with Crippen molar-refractivity contribution in [1.29, 1.82) is 5.41 Å². The summed E-state index contributed by atoms with van der Waals surface area (Å²) in [4.78, 5) is 4.14. The molecule has 0 heterocycles. The minimum atomic E-state index is -3.59. The van der Waals surface area contributed by atoms with E-state index in [9.17, 15) is 8.42 Å². The van der Waals surface area contributed by atoms with Gasteiger partial charge in [0.15, 0.2) is 5.17 Å². The van der Waals surface area contributed by atoms with Gasteiger partial charge in [-0.15, -0.1) is 0 Å². The van der Waals surface area contributed by atoms with Crippen LogP contribution in [-0.2, 0) is 8.87 Å². The summed E-state index contributed by atoms with van der Waals surface area (Å²) in [7, 11) is -3.13. The Labute approximate surface area is 123 Å². The second-order valence-corrected chi connectivity index (χ2v) is 8.38. The molecule has 0 aliphatic rings. The van der Waals surface area contributed by atoms with Crippen LogP contribution in [0.3, 0.4) is 0 Å². The summed E-state index contributed by atoms with van der Waals surface area (Å²) >= 11 is 0. The molecule has 0 bridgehead atoms. The highest BCUT2D eigenvalue weighted by Gasteiger charge is 2.18. The van der Waals surface area contributed by atoms with E-state index in [4.69, 9.17) is 5.41 Å². The van der Waals surface area contributed by atoms with Crippen LogP contribution in [0.2, 0.25) is 0 Å². The molecule has 0 radical (unpaired) electrons. The van der Waals surface area contributed by atoms with Crippen LogP contribution in [0.25, 0.3) is 0 Å². The maximum atomic E-state index is 12.1. The zero-order valence-corrected chi connectivity index (χ0v) is 13.6. The maximum Gasteiger partial charge on any atom is 0.237 e. The third-order valence-electron chi connectivity index (χ3n) is 2.27. The monoisotopic (exact) mass is 310 g/mol. The molecule has 108 valence electrons. The van der Waals surface area contributed by atoms with Gasteiger partial charge in [0, 0.05) is 16.5 Å². The van der Waals surface area contributed by atoms with Crippen molar-refractivity contribution in [3.8, 4) is 0 Å². The molecule has 0 aromatic heterocycles. The summed E-state index contributed by atoms with van der Waals surface area (Å²) in [6.07, 6.45) is 1.80. The molecule has 4 nitrogen and oxygen atoms in total. The maximum absolute atomic E-state index is 12.1. The van der Waals surface area contributed by atoms with Crippen molar-refractivity contribution < 1.29 is 8.42 Å². The summed E-state index contributed by atoms with van der Waals surface area (Å²) in [5.74, 6) is 0. The van der Waals surface area contributed by atoms with Crippen molar-refractivity contribution in [3.05, 3.63) is 41.5 Å². The molecule has 0 fully saturated rings. The van der Waals surface area contributed by atoms with Crippen molar-refractivity contribution in [1.82, 2.24) is 0 Å². The first-order valence-electron chi connectivity index (χ1n) is 6.00. The number of benzene rings is 1. The Morgan fingerprint density at radius 2 is 1.75 bits per heavy atom. The molecule has 1 aromatic rings. The molecule has 1 rings (SSSR count). The van der Waals surface area contributed by atoms with Crippen molar-refractivity contribution >= 4 is 30.5 Å². The van der Waals surface area contributed by atoms with E-state index in [1.807, 2.05) is 20.8 Å². The number of hydrogen-bond donors (Lipinski definition) is 1. The van der Waals surface area contributed by atoms with E-state index < -0.39 is 8.87 Å². The molecule has 0 spiro atoms. The Kier molecular flexibility index (Phi) is 5.71. The molecule has 0 aliphatic carbocycles. The third-order valence-corrected chi connectivity index (χ3v) is 5.30. The van der Waals surface area contributed by atoms with Crippen LogP contribution in [0.4, 0.5) is 0 Å². The summed E-state index contributed by atoms with van der Waals surface area (Å²) in [5.41, 5.74) is 2.65. The van der Waals surface area contributed by atoms with Crippen molar-refractivity contribution in [2.24, 2.45) is 4.99 Å². The van der Waals surface area contributed by atoms with E-state index in [0.717, 1.165) is 11.1 Å². The van der Waals surface area contributed by atoms with Gasteiger partial charge in [-0.05, 0) is 45.9 Å². The van der Waals surface area contributed by atoms with Gasteiger partial charge in [0.2, 0.25) is 8.87 Å². The largest absolute Gasteiger partial charge is 0.276 e. The first-order chi connectivity index (χ1) is 9.20. The van der Waals surface area contributed by atoms with Crippen LogP contribution in [0.15, 0.2) is 45.8 Å². The predicted molar refractivity (Wildman–Crippen MR) is 86.2 cm³/mol. The van der Waals surface area contributed by atoms with Gasteiger partial charge in [0.1, 0.15) is 0 Å². The molecule has 0 aliphatic heterocycles. The fourth-order valence-corrected chi connectivity index (χ4v) is 3.80. The Hall–Kier alpha value is -1.40. The lowest BCUT2D eigenvalue weighted by atomic mass is 10.2. The normalized spacial score (nSPS) is 12.1. The number of hydrogen-bond acceptors (Lipinski definition) is 4. The van der Waals surface area contributed by atoms with Crippen molar-refractivity contribution in [3.63, 3.8) is 0 Å². The standard InChI is InChI=1S/C14H18N2O2S2/c1-10(2)9-12(4)16-14(15)19-20(17,18)13-7-5-11(3)6-8-13/h5-9,15H,1-4H3. The van der Waals surface area contributed by atoms with Crippen LogP contribution in [-0.4, -0.2) is 19.3 Å². The summed E-state index contributed by atoms with van der Waals surface area (Å²) in [6, 6.07) is 6.54. The number of nitrogens with one attached hydrogen (secondary N) is 1. The van der Waals surface area contributed by atoms with E-state index in [-0.39, 0.29) is 10.1 Å². The van der Waals surface area contributed by atoms with E-state index in [0.29, 0.717) is 16.5 Å². The number of aliphatic imine (C=N–C) groups is 1. The molecule has 0 saturated carbocycles. The topological polar surface area (TPSA) is 70.3 Å².